The van der Waals surface area contributed by atoms with Crippen LogP contribution in [-0.2, 0) is 20.7 Å². The Morgan fingerprint density at radius 3 is 2.71 bits per heavy atom. The molecule has 0 bridgehead atoms. The van der Waals surface area contributed by atoms with Crippen molar-refractivity contribution in [1.82, 2.24) is 5.32 Å². The topological polar surface area (TPSA) is 93.7 Å². The average Bonchev–Trinajstić information content (AvgIpc) is 2.71. The van der Waals surface area contributed by atoms with Gasteiger partial charge in [0.15, 0.2) is 0 Å². The molecule has 1 aliphatic rings. The number of hydrogen-bond donors (Lipinski definition) is 2. The molecule has 0 fully saturated rings. The molecule has 0 aromatic heterocycles. The van der Waals surface area contributed by atoms with Gasteiger partial charge in [0.1, 0.15) is 18.9 Å². The number of nitrogens with one attached hydrogen (secondary N) is 2. The summed E-state index contributed by atoms with van der Waals surface area (Å²) < 4.78 is 10.2. The summed E-state index contributed by atoms with van der Waals surface area (Å²) in [6.07, 6.45) is 0.455. The van der Waals surface area contributed by atoms with Crippen LogP contribution in [0.2, 0.25) is 0 Å². The van der Waals surface area contributed by atoms with E-state index in [-0.39, 0.29) is 25.0 Å². The molecule has 0 saturated carbocycles. The summed E-state index contributed by atoms with van der Waals surface area (Å²) in [5.41, 5.74) is 2.96. The largest absolute Gasteiger partial charge is 0.492 e. The van der Waals surface area contributed by atoms with Crippen LogP contribution in [0.3, 0.4) is 0 Å². The second kappa shape index (κ2) is 8.56. The van der Waals surface area contributed by atoms with Crippen molar-refractivity contribution in [3.63, 3.8) is 0 Å². The second-order valence-electron chi connectivity index (χ2n) is 6.60. The summed E-state index contributed by atoms with van der Waals surface area (Å²) in [5, 5.41) is 5.43. The Labute approximate surface area is 163 Å². The zero-order valence-electron chi connectivity index (χ0n) is 15.8. The third kappa shape index (κ3) is 4.49. The zero-order chi connectivity index (χ0) is 20.1. The Kier molecular flexibility index (Phi) is 5.93. The van der Waals surface area contributed by atoms with Crippen LogP contribution in [-0.4, -0.2) is 38.0 Å². The molecular formula is C21H22N2O5. The first kappa shape index (κ1) is 19.4. The molecule has 0 aliphatic carbocycles. The van der Waals surface area contributed by atoms with Crippen molar-refractivity contribution in [2.75, 3.05) is 25.6 Å². The molecule has 0 radical (unpaired) electrons. The number of carbonyl (C=O) groups is 3. The molecule has 3 rings (SSSR count). The molecule has 0 spiro atoms. The van der Waals surface area contributed by atoms with Crippen LogP contribution in [0, 0.1) is 12.8 Å². The van der Waals surface area contributed by atoms with Crippen LogP contribution in [0.5, 0.6) is 5.75 Å². The van der Waals surface area contributed by atoms with Gasteiger partial charge in [0, 0.05) is 11.3 Å². The Bertz CT molecular complexity index is 909. The molecule has 2 aromatic carbocycles. The fourth-order valence-electron chi connectivity index (χ4n) is 3.04. The summed E-state index contributed by atoms with van der Waals surface area (Å²) in [6.45, 7) is 1.94. The highest BCUT2D eigenvalue weighted by Crippen LogP contribution is 2.30. The van der Waals surface area contributed by atoms with Gasteiger partial charge in [-0.1, -0.05) is 18.2 Å². The number of benzene rings is 2. The van der Waals surface area contributed by atoms with Crippen molar-refractivity contribution < 1.29 is 23.9 Å². The summed E-state index contributed by atoms with van der Waals surface area (Å²) in [6, 6.07) is 12.7. The van der Waals surface area contributed by atoms with Gasteiger partial charge < -0.3 is 20.1 Å². The number of rotatable bonds is 5. The van der Waals surface area contributed by atoms with Crippen molar-refractivity contribution in [3.05, 3.63) is 59.2 Å². The number of fused-ring (bicyclic) bond motifs is 1. The van der Waals surface area contributed by atoms with Gasteiger partial charge in [0.25, 0.3) is 5.91 Å². The smallest absolute Gasteiger partial charge is 0.325 e. The second-order valence-corrected chi connectivity index (χ2v) is 6.60. The Morgan fingerprint density at radius 2 is 1.96 bits per heavy atom. The van der Waals surface area contributed by atoms with Gasteiger partial charge in [-0.3, -0.25) is 14.4 Å². The third-order valence-corrected chi connectivity index (χ3v) is 4.62. The van der Waals surface area contributed by atoms with Crippen LogP contribution in [0.4, 0.5) is 5.69 Å². The fraction of sp³-hybridized carbons (Fsp3) is 0.286. The zero-order valence-corrected chi connectivity index (χ0v) is 15.8. The van der Waals surface area contributed by atoms with E-state index in [1.807, 2.05) is 31.2 Å². The molecule has 146 valence electrons. The van der Waals surface area contributed by atoms with Crippen LogP contribution in [0.15, 0.2) is 42.5 Å². The predicted octanol–water partition coefficient (Wildman–Crippen LogP) is 2.09. The van der Waals surface area contributed by atoms with Crippen molar-refractivity contribution in [3.8, 4) is 5.75 Å². The number of amides is 2. The predicted molar refractivity (Wildman–Crippen MR) is 103 cm³/mol. The highest BCUT2D eigenvalue weighted by atomic mass is 16.5. The first-order chi connectivity index (χ1) is 13.5. The summed E-state index contributed by atoms with van der Waals surface area (Å²) in [7, 11) is 1.27. The third-order valence-electron chi connectivity index (χ3n) is 4.62. The van der Waals surface area contributed by atoms with Gasteiger partial charge in [-0.05, 0) is 48.7 Å². The lowest BCUT2D eigenvalue weighted by atomic mass is 9.95. The van der Waals surface area contributed by atoms with E-state index < -0.39 is 11.9 Å². The number of carbonyl (C=O) groups excluding carboxylic acids is 3. The number of methoxy groups -OCH3 is 1. The monoisotopic (exact) mass is 382 g/mol. The average molecular weight is 382 g/mol. The van der Waals surface area contributed by atoms with Gasteiger partial charge >= 0.3 is 5.97 Å². The molecule has 1 atom stereocenters. The molecule has 1 heterocycles. The lowest BCUT2D eigenvalue weighted by molar-refractivity contribution is -0.141. The highest BCUT2D eigenvalue weighted by molar-refractivity contribution is 6.05. The molecule has 7 nitrogen and oxygen atoms in total. The van der Waals surface area contributed by atoms with E-state index in [9.17, 15) is 14.4 Å². The van der Waals surface area contributed by atoms with Crippen LogP contribution >= 0.6 is 0 Å². The van der Waals surface area contributed by atoms with E-state index in [0.29, 0.717) is 23.4 Å². The minimum atomic E-state index is -0.508. The van der Waals surface area contributed by atoms with Crippen molar-refractivity contribution in [2.45, 2.75) is 13.3 Å². The van der Waals surface area contributed by atoms with Gasteiger partial charge in [0.2, 0.25) is 5.91 Å². The quantitative estimate of drug-likeness (QED) is 0.773. The standard InChI is InChI=1S/C21H22N2O5/c1-13-5-3-4-6-17(13)21(26)23-16-7-8-18-14(10-16)9-15(12-28-18)20(25)22-11-19(24)27-2/h3-8,10,15H,9,11-12H2,1-2H3,(H,22,25)(H,23,26)/t15-/m1/s1. The number of aryl methyl sites for hydroxylation is 1. The molecule has 2 N–H and O–H groups in total. The van der Waals surface area contributed by atoms with Gasteiger partial charge in [0.05, 0.1) is 13.0 Å². The Hall–Kier alpha value is -3.35. The maximum Gasteiger partial charge on any atom is 0.325 e. The van der Waals surface area contributed by atoms with Crippen LogP contribution < -0.4 is 15.4 Å². The lowest BCUT2D eigenvalue weighted by Gasteiger charge is -2.25. The molecule has 2 amide bonds. The van der Waals surface area contributed by atoms with Gasteiger partial charge in [-0.2, -0.15) is 0 Å². The number of hydrogen-bond acceptors (Lipinski definition) is 5. The molecule has 2 aromatic rings. The van der Waals surface area contributed by atoms with E-state index in [4.69, 9.17) is 4.74 Å². The molecule has 0 saturated heterocycles. The van der Waals surface area contributed by atoms with Crippen molar-refractivity contribution in [2.24, 2.45) is 5.92 Å². The van der Waals surface area contributed by atoms with Crippen LogP contribution in [0.25, 0.3) is 0 Å². The number of anilines is 1. The summed E-state index contributed by atoms with van der Waals surface area (Å²) in [4.78, 5) is 35.9. The number of esters is 1. The minimum Gasteiger partial charge on any atom is -0.492 e. The lowest BCUT2D eigenvalue weighted by Crippen LogP contribution is -2.39. The molecular weight excluding hydrogens is 360 g/mol. The van der Waals surface area contributed by atoms with Crippen molar-refractivity contribution in [1.29, 1.82) is 0 Å². The Balaban J connectivity index is 1.67. The maximum absolute atomic E-state index is 12.5. The maximum atomic E-state index is 12.5. The first-order valence-electron chi connectivity index (χ1n) is 8.95. The number of ether oxygens (including phenoxy) is 2. The SMILES string of the molecule is COC(=O)CNC(=O)[C@H]1COc2ccc(NC(=O)c3ccccc3C)cc2C1. The first-order valence-corrected chi connectivity index (χ1v) is 8.95. The molecule has 7 heteroatoms. The molecule has 28 heavy (non-hydrogen) atoms. The summed E-state index contributed by atoms with van der Waals surface area (Å²) >= 11 is 0. The molecule has 1 aliphatic heterocycles. The van der Waals surface area contributed by atoms with E-state index >= 15 is 0 Å². The highest BCUT2D eigenvalue weighted by Gasteiger charge is 2.26. The van der Waals surface area contributed by atoms with E-state index in [2.05, 4.69) is 15.4 Å². The van der Waals surface area contributed by atoms with Gasteiger partial charge in [-0.15, -0.1) is 0 Å². The Morgan fingerprint density at radius 1 is 1.18 bits per heavy atom. The van der Waals surface area contributed by atoms with E-state index in [1.54, 1.807) is 18.2 Å². The minimum absolute atomic E-state index is 0.175. The molecule has 0 unspecified atom stereocenters. The van der Waals surface area contributed by atoms with E-state index in [0.717, 1.165) is 11.1 Å². The summed E-state index contributed by atoms with van der Waals surface area (Å²) in [5.74, 6) is -0.704. The van der Waals surface area contributed by atoms with Crippen LogP contribution in [0.1, 0.15) is 21.5 Å². The van der Waals surface area contributed by atoms with Crippen molar-refractivity contribution >= 4 is 23.5 Å². The van der Waals surface area contributed by atoms with Gasteiger partial charge in [-0.25, -0.2) is 0 Å². The fourth-order valence-corrected chi connectivity index (χ4v) is 3.04. The van der Waals surface area contributed by atoms with E-state index in [1.165, 1.54) is 7.11 Å². The normalized spacial score (nSPS) is 15.0.